The van der Waals surface area contributed by atoms with Gasteiger partial charge in [0.2, 0.25) is 0 Å². The molecule has 0 bridgehead atoms. The van der Waals surface area contributed by atoms with Gasteiger partial charge in [0.05, 0.1) is 0 Å². The number of hydrogen-bond donors (Lipinski definition) is 2. The topological polar surface area (TPSA) is 50.4 Å². The zero-order valence-corrected chi connectivity index (χ0v) is 12.4. The van der Waals surface area contributed by atoms with Gasteiger partial charge in [-0.05, 0) is 38.5 Å². The van der Waals surface area contributed by atoms with Gasteiger partial charge in [-0.15, -0.1) is 0 Å². The molecule has 0 aromatic heterocycles. The van der Waals surface area contributed by atoms with Gasteiger partial charge in [-0.1, -0.05) is 23.7 Å². The molecular formula is C14H21ClN2O2. The van der Waals surface area contributed by atoms with Gasteiger partial charge in [-0.2, -0.15) is 0 Å². The van der Waals surface area contributed by atoms with E-state index in [1.165, 1.54) is 0 Å². The lowest BCUT2D eigenvalue weighted by molar-refractivity contribution is 0.0528. The van der Waals surface area contributed by atoms with Gasteiger partial charge in [0.15, 0.2) is 0 Å². The maximum Gasteiger partial charge on any atom is 0.407 e. The summed E-state index contributed by atoms with van der Waals surface area (Å²) >= 11 is 5.89. The van der Waals surface area contributed by atoms with E-state index in [0.29, 0.717) is 13.1 Å². The molecule has 0 aliphatic carbocycles. The number of nitrogens with one attached hydrogen (secondary N) is 2. The van der Waals surface area contributed by atoms with Gasteiger partial charge in [-0.25, -0.2) is 4.79 Å². The second-order valence-corrected chi connectivity index (χ2v) is 5.67. The highest BCUT2D eigenvalue weighted by molar-refractivity contribution is 6.30. The molecule has 0 heterocycles. The van der Waals surface area contributed by atoms with E-state index in [1.807, 2.05) is 45.0 Å². The van der Waals surface area contributed by atoms with Crippen molar-refractivity contribution in [2.75, 3.05) is 13.1 Å². The Morgan fingerprint density at radius 3 is 2.68 bits per heavy atom. The minimum atomic E-state index is -0.460. The summed E-state index contributed by atoms with van der Waals surface area (Å²) in [5.41, 5.74) is 0.656. The van der Waals surface area contributed by atoms with Gasteiger partial charge in [0.25, 0.3) is 0 Å². The normalized spacial score (nSPS) is 11.2. The van der Waals surface area contributed by atoms with Crippen LogP contribution in [0.1, 0.15) is 26.3 Å². The second-order valence-electron chi connectivity index (χ2n) is 5.24. The van der Waals surface area contributed by atoms with E-state index in [1.54, 1.807) is 0 Å². The fraction of sp³-hybridized carbons (Fsp3) is 0.500. The zero-order chi connectivity index (χ0) is 14.3. The smallest absolute Gasteiger partial charge is 0.407 e. The SMILES string of the molecule is CC(C)(C)OC(=O)NCCNCc1cccc(Cl)c1. The third kappa shape index (κ3) is 7.70. The summed E-state index contributed by atoms with van der Waals surface area (Å²) in [5, 5.41) is 6.63. The molecule has 0 saturated heterocycles. The van der Waals surface area contributed by atoms with Gasteiger partial charge in [0.1, 0.15) is 5.60 Å². The van der Waals surface area contributed by atoms with Gasteiger partial charge < -0.3 is 15.4 Å². The largest absolute Gasteiger partial charge is 0.444 e. The van der Waals surface area contributed by atoms with Crippen molar-refractivity contribution >= 4 is 17.7 Å². The van der Waals surface area contributed by atoms with E-state index in [9.17, 15) is 4.79 Å². The number of hydrogen-bond acceptors (Lipinski definition) is 3. The molecule has 1 aromatic carbocycles. The lowest BCUT2D eigenvalue weighted by Gasteiger charge is -2.19. The summed E-state index contributed by atoms with van der Waals surface area (Å²) in [6.45, 7) is 7.43. The van der Waals surface area contributed by atoms with Crippen molar-refractivity contribution in [3.63, 3.8) is 0 Å². The highest BCUT2D eigenvalue weighted by Gasteiger charge is 2.15. The number of alkyl carbamates (subject to hydrolysis) is 1. The van der Waals surface area contributed by atoms with E-state index in [-0.39, 0.29) is 0 Å². The molecule has 0 unspecified atom stereocenters. The number of halogens is 1. The molecule has 0 atom stereocenters. The maximum atomic E-state index is 11.4. The molecule has 0 radical (unpaired) electrons. The predicted molar refractivity (Wildman–Crippen MR) is 77.4 cm³/mol. The Hall–Kier alpha value is -1.26. The van der Waals surface area contributed by atoms with Crippen molar-refractivity contribution in [2.45, 2.75) is 32.9 Å². The van der Waals surface area contributed by atoms with E-state index >= 15 is 0 Å². The molecule has 1 amide bonds. The van der Waals surface area contributed by atoms with Crippen LogP contribution in [0.3, 0.4) is 0 Å². The lowest BCUT2D eigenvalue weighted by atomic mass is 10.2. The number of amides is 1. The Balaban J connectivity index is 2.13. The van der Waals surface area contributed by atoms with E-state index in [2.05, 4.69) is 10.6 Å². The Morgan fingerprint density at radius 1 is 1.32 bits per heavy atom. The average Bonchev–Trinajstić information content (AvgIpc) is 2.26. The van der Waals surface area contributed by atoms with Crippen LogP contribution in [0, 0.1) is 0 Å². The van der Waals surface area contributed by atoms with Gasteiger partial charge >= 0.3 is 6.09 Å². The summed E-state index contributed by atoms with van der Waals surface area (Å²) in [4.78, 5) is 11.4. The fourth-order valence-corrected chi connectivity index (χ4v) is 1.66. The van der Waals surface area contributed by atoms with Crippen LogP contribution in [-0.4, -0.2) is 24.8 Å². The van der Waals surface area contributed by atoms with Crippen LogP contribution in [-0.2, 0) is 11.3 Å². The molecule has 0 saturated carbocycles. The first-order valence-electron chi connectivity index (χ1n) is 6.29. The van der Waals surface area contributed by atoms with Crippen LogP contribution >= 0.6 is 11.6 Å². The van der Waals surface area contributed by atoms with Crippen LogP contribution < -0.4 is 10.6 Å². The average molecular weight is 285 g/mol. The maximum absolute atomic E-state index is 11.4. The van der Waals surface area contributed by atoms with Gasteiger partial charge in [-0.3, -0.25) is 0 Å². The number of rotatable bonds is 5. The number of carbonyl (C=O) groups is 1. The molecule has 1 rings (SSSR count). The van der Waals surface area contributed by atoms with Crippen molar-refractivity contribution in [3.05, 3.63) is 34.9 Å². The third-order valence-electron chi connectivity index (χ3n) is 2.19. The lowest BCUT2D eigenvalue weighted by Crippen LogP contribution is -2.36. The van der Waals surface area contributed by atoms with Crippen LogP contribution in [0.5, 0.6) is 0 Å². The van der Waals surface area contributed by atoms with Gasteiger partial charge in [0, 0.05) is 24.7 Å². The number of ether oxygens (including phenoxy) is 1. The molecule has 19 heavy (non-hydrogen) atoms. The highest BCUT2D eigenvalue weighted by atomic mass is 35.5. The minimum Gasteiger partial charge on any atom is -0.444 e. The first-order chi connectivity index (χ1) is 8.87. The number of benzene rings is 1. The molecule has 106 valence electrons. The molecule has 0 spiro atoms. The predicted octanol–water partition coefficient (Wildman–Crippen LogP) is 2.95. The second kappa shape index (κ2) is 7.36. The Bertz CT molecular complexity index is 416. The van der Waals surface area contributed by atoms with Crippen molar-refractivity contribution in [1.29, 1.82) is 0 Å². The molecule has 1 aromatic rings. The monoisotopic (exact) mass is 284 g/mol. The molecule has 4 nitrogen and oxygen atoms in total. The molecule has 0 aliphatic rings. The van der Waals surface area contributed by atoms with E-state index in [4.69, 9.17) is 16.3 Å². The van der Waals surface area contributed by atoms with Crippen molar-refractivity contribution in [3.8, 4) is 0 Å². The van der Waals surface area contributed by atoms with E-state index < -0.39 is 11.7 Å². The molecule has 5 heteroatoms. The van der Waals surface area contributed by atoms with Crippen LogP contribution in [0.25, 0.3) is 0 Å². The highest BCUT2D eigenvalue weighted by Crippen LogP contribution is 2.10. The Morgan fingerprint density at radius 2 is 2.05 bits per heavy atom. The Kier molecular flexibility index (Phi) is 6.12. The molecular weight excluding hydrogens is 264 g/mol. The van der Waals surface area contributed by atoms with Crippen LogP contribution in [0.15, 0.2) is 24.3 Å². The first-order valence-corrected chi connectivity index (χ1v) is 6.66. The van der Waals surface area contributed by atoms with Crippen molar-refractivity contribution < 1.29 is 9.53 Å². The van der Waals surface area contributed by atoms with Crippen molar-refractivity contribution in [2.24, 2.45) is 0 Å². The van der Waals surface area contributed by atoms with Crippen molar-refractivity contribution in [1.82, 2.24) is 10.6 Å². The molecule has 0 fully saturated rings. The third-order valence-corrected chi connectivity index (χ3v) is 2.42. The minimum absolute atomic E-state index is 0.392. The molecule has 2 N–H and O–H groups in total. The Labute approximate surface area is 119 Å². The summed E-state index contributed by atoms with van der Waals surface area (Å²) in [6.07, 6.45) is -0.392. The summed E-state index contributed by atoms with van der Waals surface area (Å²) < 4.78 is 5.12. The van der Waals surface area contributed by atoms with Crippen LogP contribution in [0.2, 0.25) is 5.02 Å². The summed E-state index contributed by atoms with van der Waals surface area (Å²) in [7, 11) is 0. The molecule has 0 aliphatic heterocycles. The number of carbonyl (C=O) groups excluding carboxylic acids is 1. The van der Waals surface area contributed by atoms with Crippen LogP contribution in [0.4, 0.5) is 4.79 Å². The summed E-state index contributed by atoms with van der Waals surface area (Å²) in [6, 6.07) is 7.67. The standard InChI is InChI=1S/C14H21ClN2O2/c1-14(2,3)19-13(18)17-8-7-16-10-11-5-4-6-12(15)9-11/h4-6,9,16H,7-8,10H2,1-3H3,(H,17,18). The fourth-order valence-electron chi connectivity index (χ4n) is 1.45. The summed E-state index contributed by atoms with van der Waals surface area (Å²) in [5.74, 6) is 0. The van der Waals surface area contributed by atoms with E-state index in [0.717, 1.165) is 17.1 Å². The first kappa shape index (κ1) is 15.8. The quantitative estimate of drug-likeness (QED) is 0.818. The zero-order valence-electron chi connectivity index (χ0n) is 11.6.